The molecule has 6 atom stereocenters. The number of fused-ring (bicyclic) bond motifs is 1. The number of carbonyl (C=O) groups is 5. The number of rotatable bonds is 10. The van der Waals surface area contributed by atoms with E-state index in [1.54, 1.807) is 43.3 Å². The minimum absolute atomic E-state index is 0.0862. The fraction of sp³-hybridized carbons (Fsp3) is 0.300. The van der Waals surface area contributed by atoms with Crippen molar-refractivity contribution in [3.05, 3.63) is 81.8 Å². The van der Waals surface area contributed by atoms with Gasteiger partial charge in [-0.3, -0.25) is 19.2 Å². The highest BCUT2D eigenvalue weighted by atomic mass is 35.5. The van der Waals surface area contributed by atoms with E-state index in [2.05, 4.69) is 10.1 Å². The summed E-state index contributed by atoms with van der Waals surface area (Å²) in [5.74, 6) is -12.0. The third-order valence-corrected chi connectivity index (χ3v) is 8.23. The Labute approximate surface area is 250 Å². The molecule has 42 heavy (non-hydrogen) atoms. The molecule has 0 heterocycles. The number of carboxylic acid groups (broad SMARTS) is 2. The second-order valence-electron chi connectivity index (χ2n) is 10.1. The molecule has 0 saturated heterocycles. The van der Waals surface area contributed by atoms with Gasteiger partial charge in [0.25, 0.3) is 0 Å². The van der Waals surface area contributed by atoms with Crippen molar-refractivity contribution in [2.45, 2.75) is 25.5 Å². The predicted molar refractivity (Wildman–Crippen MR) is 152 cm³/mol. The molecule has 10 nitrogen and oxygen atoms in total. The molecule has 3 N–H and O–H groups in total. The fourth-order valence-electron chi connectivity index (χ4n) is 5.27. The number of carbonyl (C=O) groups excluding carboxylic acids is 3. The quantitative estimate of drug-likeness (QED) is 0.284. The number of amides is 1. The minimum Gasteiger partial charge on any atom is -0.481 e. The fourth-order valence-corrected chi connectivity index (χ4v) is 5.59. The Bertz CT molecular complexity index is 1560. The van der Waals surface area contributed by atoms with Crippen LogP contribution in [0.2, 0.25) is 10.0 Å². The van der Waals surface area contributed by atoms with Crippen molar-refractivity contribution >= 4 is 63.8 Å². The zero-order valence-corrected chi connectivity index (χ0v) is 24.0. The second-order valence-corrected chi connectivity index (χ2v) is 10.9. The van der Waals surface area contributed by atoms with Crippen LogP contribution in [0.15, 0.2) is 60.7 Å². The Hall–Kier alpha value is -4.15. The molecule has 1 aliphatic carbocycles. The van der Waals surface area contributed by atoms with Crippen LogP contribution in [0.4, 0.5) is 0 Å². The van der Waals surface area contributed by atoms with E-state index in [1.807, 2.05) is 24.3 Å². The van der Waals surface area contributed by atoms with Crippen molar-refractivity contribution in [1.82, 2.24) is 5.32 Å². The van der Waals surface area contributed by atoms with E-state index in [4.69, 9.17) is 27.9 Å². The first-order valence-electron chi connectivity index (χ1n) is 12.9. The summed E-state index contributed by atoms with van der Waals surface area (Å²) in [7, 11) is 1.02. The number of benzene rings is 3. The van der Waals surface area contributed by atoms with Crippen LogP contribution in [-0.2, 0) is 35.1 Å². The molecule has 1 fully saturated rings. The first-order chi connectivity index (χ1) is 19.9. The molecular formula is C30H27Cl2NO9. The Balaban J connectivity index is 1.60. The topological polar surface area (TPSA) is 156 Å². The van der Waals surface area contributed by atoms with Crippen LogP contribution in [-0.4, -0.2) is 59.3 Å². The van der Waals surface area contributed by atoms with Crippen molar-refractivity contribution in [3.63, 3.8) is 0 Å². The van der Waals surface area contributed by atoms with Gasteiger partial charge < -0.3 is 25.0 Å². The molecule has 0 unspecified atom stereocenters. The van der Waals surface area contributed by atoms with Crippen LogP contribution in [0.5, 0.6) is 0 Å². The van der Waals surface area contributed by atoms with Crippen molar-refractivity contribution in [1.29, 1.82) is 0 Å². The van der Waals surface area contributed by atoms with Gasteiger partial charge in [-0.25, -0.2) is 4.79 Å². The number of carboxylic acids is 2. The minimum atomic E-state index is -1.66. The molecule has 220 valence electrons. The van der Waals surface area contributed by atoms with E-state index in [9.17, 15) is 34.2 Å². The highest BCUT2D eigenvalue weighted by Crippen LogP contribution is 2.47. The molecule has 3 aromatic carbocycles. The van der Waals surface area contributed by atoms with Gasteiger partial charge in [-0.15, -0.1) is 0 Å². The summed E-state index contributed by atoms with van der Waals surface area (Å²) in [4.78, 5) is 62.6. The normalized spacial score (nSPS) is 21.0. The molecule has 12 heteroatoms. The van der Waals surface area contributed by atoms with E-state index < -0.39 is 65.6 Å². The second kappa shape index (κ2) is 12.8. The van der Waals surface area contributed by atoms with E-state index >= 15 is 0 Å². The van der Waals surface area contributed by atoms with Gasteiger partial charge in [-0.1, -0.05) is 59.6 Å². The van der Waals surface area contributed by atoms with Gasteiger partial charge in [-0.2, -0.15) is 0 Å². The Morgan fingerprint density at radius 3 is 2.10 bits per heavy atom. The summed E-state index contributed by atoms with van der Waals surface area (Å²) in [6.45, 7) is 1.55. The first-order valence-corrected chi connectivity index (χ1v) is 13.7. The average molecular weight is 616 g/mol. The van der Waals surface area contributed by atoms with Crippen LogP contribution >= 0.6 is 23.2 Å². The van der Waals surface area contributed by atoms with Crippen molar-refractivity contribution in [2.75, 3.05) is 7.11 Å². The van der Waals surface area contributed by atoms with Gasteiger partial charge in [0.05, 0.1) is 52.4 Å². The summed E-state index contributed by atoms with van der Waals surface area (Å²) in [5.41, 5.74) is 0.901. The summed E-state index contributed by atoms with van der Waals surface area (Å²) in [6.07, 6.45) is -0.900. The number of methoxy groups -OCH3 is 1. The van der Waals surface area contributed by atoms with Gasteiger partial charge in [0.1, 0.15) is 6.10 Å². The van der Waals surface area contributed by atoms with E-state index in [0.717, 1.165) is 17.9 Å². The lowest BCUT2D eigenvalue weighted by Gasteiger charge is -2.45. The number of hydrogen-bond donors (Lipinski definition) is 3. The van der Waals surface area contributed by atoms with Crippen LogP contribution < -0.4 is 5.32 Å². The summed E-state index contributed by atoms with van der Waals surface area (Å²) in [5, 5.41) is 24.2. The molecule has 0 bridgehead atoms. The summed E-state index contributed by atoms with van der Waals surface area (Å²) < 4.78 is 10.5. The zero-order valence-electron chi connectivity index (χ0n) is 22.5. The van der Waals surface area contributed by atoms with Crippen LogP contribution in [0.1, 0.15) is 22.8 Å². The van der Waals surface area contributed by atoms with Gasteiger partial charge >= 0.3 is 23.9 Å². The Kier molecular flexibility index (Phi) is 9.38. The number of nitrogens with one attached hydrogen (secondary N) is 1. The molecule has 0 aromatic heterocycles. The number of esters is 2. The smallest absolute Gasteiger partial charge is 0.338 e. The van der Waals surface area contributed by atoms with Crippen molar-refractivity contribution in [3.8, 4) is 0 Å². The largest absolute Gasteiger partial charge is 0.481 e. The number of halogens is 2. The van der Waals surface area contributed by atoms with Gasteiger partial charge in [0, 0.05) is 6.42 Å². The molecule has 1 amide bonds. The number of hydrogen-bond acceptors (Lipinski definition) is 7. The maximum atomic E-state index is 13.4. The molecule has 0 aliphatic heterocycles. The SMILES string of the molecule is COC(=O)[C@H]1[C@H](C(=O)O)[C@@H](C(=O)O)[C@H]1C(=O)N[C@@H](C)[C@H](Cc1ccc(Cl)c(Cl)c1)OC(=O)c1ccc2ccccc2c1. The van der Waals surface area contributed by atoms with Crippen molar-refractivity contribution < 1.29 is 43.7 Å². The molecule has 4 rings (SSSR count). The lowest BCUT2D eigenvalue weighted by molar-refractivity contribution is -0.188. The predicted octanol–water partition coefficient (Wildman–Crippen LogP) is 4.24. The van der Waals surface area contributed by atoms with E-state index in [-0.39, 0.29) is 17.0 Å². The molecule has 1 saturated carbocycles. The lowest BCUT2D eigenvalue weighted by Crippen LogP contribution is -2.63. The van der Waals surface area contributed by atoms with Gasteiger partial charge in [0.2, 0.25) is 5.91 Å². The van der Waals surface area contributed by atoms with E-state index in [0.29, 0.717) is 10.6 Å². The monoisotopic (exact) mass is 615 g/mol. The molecular weight excluding hydrogens is 589 g/mol. The van der Waals surface area contributed by atoms with Gasteiger partial charge in [-0.05, 0) is 47.5 Å². The van der Waals surface area contributed by atoms with Crippen molar-refractivity contribution in [2.24, 2.45) is 23.7 Å². The third kappa shape index (κ3) is 6.34. The lowest BCUT2D eigenvalue weighted by atomic mass is 9.56. The third-order valence-electron chi connectivity index (χ3n) is 7.49. The standard InChI is InChI=1S/C30H27Cl2NO9/c1-14(33-26(34)22-23(27(35)36)24(28(37)38)25(22)30(40)41-2)21(12-15-7-10-19(31)20(32)11-15)42-29(39)18-9-8-16-5-3-4-6-17(16)13-18/h3-11,13-14,21-25H,12H2,1-2H3,(H,33,34)(H,35,36)(H,37,38)/t14-,21-,22+,23-,24+,25+/m0/s1. The Morgan fingerprint density at radius 2 is 1.48 bits per heavy atom. The highest BCUT2D eigenvalue weighted by molar-refractivity contribution is 6.42. The molecule has 1 aliphatic rings. The van der Waals surface area contributed by atoms with Crippen LogP contribution in [0, 0.1) is 23.7 Å². The van der Waals surface area contributed by atoms with Crippen LogP contribution in [0.3, 0.4) is 0 Å². The highest BCUT2D eigenvalue weighted by Gasteiger charge is 2.64. The zero-order chi connectivity index (χ0) is 30.7. The maximum Gasteiger partial charge on any atom is 0.338 e. The van der Waals surface area contributed by atoms with E-state index in [1.165, 1.54) is 0 Å². The molecule has 0 spiro atoms. The molecule has 3 aromatic rings. The average Bonchev–Trinajstić information content (AvgIpc) is 2.93. The first kappa shape index (κ1) is 30.8. The summed E-state index contributed by atoms with van der Waals surface area (Å²) in [6, 6.07) is 16.5. The number of ether oxygens (including phenoxy) is 2. The van der Waals surface area contributed by atoms with Gasteiger partial charge in [0.15, 0.2) is 0 Å². The summed E-state index contributed by atoms with van der Waals surface area (Å²) >= 11 is 12.2. The maximum absolute atomic E-state index is 13.4. The number of aliphatic carboxylic acids is 2. The Morgan fingerprint density at radius 1 is 0.833 bits per heavy atom. The van der Waals surface area contributed by atoms with Crippen LogP contribution in [0.25, 0.3) is 10.8 Å². The molecule has 0 radical (unpaired) electrons.